The second kappa shape index (κ2) is 5.88. The molecular weight excluding hydrogens is 293 g/mol. The Morgan fingerprint density at radius 3 is 2.61 bits per heavy atom. The van der Waals surface area contributed by atoms with Crippen molar-refractivity contribution in [1.82, 2.24) is 0 Å². The number of rotatable bonds is 4. The van der Waals surface area contributed by atoms with E-state index in [1.165, 1.54) is 6.07 Å². The number of hydrogen-bond donors (Lipinski definition) is 1. The van der Waals surface area contributed by atoms with Gasteiger partial charge in [0.1, 0.15) is 11.4 Å². The number of anilines is 1. The normalized spacial score (nSPS) is 11.2. The SMILES string of the molecule is Cc1ccc(C(=O)c2oc3ccccc3c2NC(C)C)cc1F. The number of nitrogens with one attached hydrogen (secondary N) is 1. The van der Waals surface area contributed by atoms with Crippen molar-refractivity contribution < 1.29 is 13.6 Å². The van der Waals surface area contributed by atoms with Gasteiger partial charge in [0.15, 0.2) is 5.76 Å². The monoisotopic (exact) mass is 311 g/mol. The summed E-state index contributed by atoms with van der Waals surface area (Å²) in [6, 6.07) is 12.1. The quantitative estimate of drug-likeness (QED) is 0.695. The van der Waals surface area contributed by atoms with Crippen molar-refractivity contribution in [2.45, 2.75) is 26.8 Å². The van der Waals surface area contributed by atoms with Gasteiger partial charge in [0, 0.05) is 17.0 Å². The number of furan rings is 1. The summed E-state index contributed by atoms with van der Waals surface area (Å²) in [4.78, 5) is 12.8. The largest absolute Gasteiger partial charge is 0.450 e. The van der Waals surface area contributed by atoms with Gasteiger partial charge < -0.3 is 9.73 Å². The third-order valence-electron chi connectivity index (χ3n) is 3.67. The molecule has 0 saturated carbocycles. The first-order valence-electron chi connectivity index (χ1n) is 7.56. The van der Waals surface area contributed by atoms with Gasteiger partial charge in [0.25, 0.3) is 0 Å². The first kappa shape index (κ1) is 15.3. The average molecular weight is 311 g/mol. The van der Waals surface area contributed by atoms with Gasteiger partial charge in [-0.25, -0.2) is 4.39 Å². The first-order valence-corrected chi connectivity index (χ1v) is 7.56. The van der Waals surface area contributed by atoms with Gasteiger partial charge in [-0.15, -0.1) is 0 Å². The molecule has 0 radical (unpaired) electrons. The lowest BCUT2D eigenvalue weighted by molar-refractivity contribution is 0.101. The molecule has 0 amide bonds. The van der Waals surface area contributed by atoms with Crippen LogP contribution >= 0.6 is 0 Å². The summed E-state index contributed by atoms with van der Waals surface area (Å²) in [7, 11) is 0. The summed E-state index contributed by atoms with van der Waals surface area (Å²) in [5.41, 5.74) is 2.07. The molecule has 0 fully saturated rings. The van der Waals surface area contributed by atoms with Crippen LogP contribution in [0.2, 0.25) is 0 Å². The van der Waals surface area contributed by atoms with Crippen LogP contribution in [0.5, 0.6) is 0 Å². The highest BCUT2D eigenvalue weighted by molar-refractivity contribution is 6.14. The lowest BCUT2D eigenvalue weighted by Gasteiger charge is -2.10. The molecule has 1 aromatic heterocycles. The average Bonchev–Trinajstić information content (AvgIpc) is 2.87. The highest BCUT2D eigenvalue weighted by Crippen LogP contribution is 2.33. The zero-order valence-electron chi connectivity index (χ0n) is 13.3. The molecule has 1 N–H and O–H groups in total. The van der Waals surface area contributed by atoms with Gasteiger partial charge in [-0.1, -0.05) is 24.3 Å². The zero-order valence-corrected chi connectivity index (χ0v) is 13.3. The second-order valence-electron chi connectivity index (χ2n) is 5.89. The van der Waals surface area contributed by atoms with Crippen molar-refractivity contribution in [3.8, 4) is 0 Å². The molecule has 3 aromatic rings. The molecule has 2 aromatic carbocycles. The Labute approximate surface area is 134 Å². The maximum absolute atomic E-state index is 13.8. The van der Waals surface area contributed by atoms with Crippen LogP contribution in [0.25, 0.3) is 11.0 Å². The summed E-state index contributed by atoms with van der Waals surface area (Å²) in [5.74, 6) is -0.517. The van der Waals surface area contributed by atoms with E-state index in [4.69, 9.17) is 4.42 Å². The van der Waals surface area contributed by atoms with Crippen LogP contribution in [-0.4, -0.2) is 11.8 Å². The third kappa shape index (κ3) is 2.84. The maximum atomic E-state index is 13.8. The lowest BCUT2D eigenvalue weighted by Crippen LogP contribution is -2.13. The Morgan fingerprint density at radius 1 is 1.17 bits per heavy atom. The fraction of sp³-hybridized carbons (Fsp3) is 0.211. The van der Waals surface area contributed by atoms with Gasteiger partial charge in [-0.3, -0.25) is 4.79 Å². The van der Waals surface area contributed by atoms with Crippen LogP contribution < -0.4 is 5.32 Å². The van der Waals surface area contributed by atoms with E-state index in [-0.39, 0.29) is 23.1 Å². The van der Waals surface area contributed by atoms with E-state index < -0.39 is 5.82 Å². The summed E-state index contributed by atoms with van der Waals surface area (Å²) < 4.78 is 19.5. The molecule has 4 heteroatoms. The Bertz CT molecular complexity index is 880. The van der Waals surface area contributed by atoms with Crippen molar-refractivity contribution >= 4 is 22.4 Å². The van der Waals surface area contributed by atoms with Crippen LogP contribution in [-0.2, 0) is 0 Å². The molecule has 0 atom stereocenters. The molecule has 0 aliphatic rings. The number of carbonyl (C=O) groups excluding carboxylic acids is 1. The molecular formula is C19H18FNO2. The van der Waals surface area contributed by atoms with Crippen LogP contribution in [0.3, 0.4) is 0 Å². The highest BCUT2D eigenvalue weighted by Gasteiger charge is 2.22. The van der Waals surface area contributed by atoms with E-state index in [9.17, 15) is 9.18 Å². The fourth-order valence-corrected chi connectivity index (χ4v) is 2.50. The van der Waals surface area contributed by atoms with Crippen molar-refractivity contribution in [3.63, 3.8) is 0 Å². The fourth-order valence-electron chi connectivity index (χ4n) is 2.50. The lowest BCUT2D eigenvalue weighted by atomic mass is 10.0. The van der Waals surface area contributed by atoms with Gasteiger partial charge in [0.2, 0.25) is 5.78 Å². The Morgan fingerprint density at radius 2 is 1.91 bits per heavy atom. The van der Waals surface area contributed by atoms with Crippen LogP contribution in [0.4, 0.5) is 10.1 Å². The molecule has 23 heavy (non-hydrogen) atoms. The summed E-state index contributed by atoms with van der Waals surface area (Å²) in [6.07, 6.45) is 0. The van der Waals surface area contributed by atoms with Crippen LogP contribution in [0.15, 0.2) is 46.9 Å². The minimum atomic E-state index is -0.398. The number of hydrogen-bond acceptors (Lipinski definition) is 3. The van der Waals surface area contributed by atoms with E-state index in [2.05, 4.69) is 5.32 Å². The summed E-state index contributed by atoms with van der Waals surface area (Å²) >= 11 is 0. The molecule has 0 unspecified atom stereocenters. The molecule has 0 aliphatic carbocycles. The molecule has 0 saturated heterocycles. The third-order valence-corrected chi connectivity index (χ3v) is 3.67. The molecule has 0 spiro atoms. The van der Waals surface area contributed by atoms with E-state index in [0.29, 0.717) is 16.8 Å². The molecule has 1 heterocycles. The van der Waals surface area contributed by atoms with Crippen LogP contribution in [0, 0.1) is 12.7 Å². The van der Waals surface area contributed by atoms with Crippen molar-refractivity contribution in [3.05, 3.63) is 65.2 Å². The Kier molecular flexibility index (Phi) is 3.90. The minimum Gasteiger partial charge on any atom is -0.450 e. The van der Waals surface area contributed by atoms with Gasteiger partial charge in [-0.2, -0.15) is 0 Å². The Hall–Kier alpha value is -2.62. The van der Waals surface area contributed by atoms with Gasteiger partial charge >= 0.3 is 0 Å². The van der Waals surface area contributed by atoms with E-state index >= 15 is 0 Å². The smallest absolute Gasteiger partial charge is 0.230 e. The number of para-hydroxylation sites is 1. The predicted octanol–water partition coefficient (Wildman–Crippen LogP) is 4.93. The molecule has 3 nitrogen and oxygen atoms in total. The van der Waals surface area contributed by atoms with E-state index in [0.717, 1.165) is 5.39 Å². The number of aryl methyl sites for hydroxylation is 1. The second-order valence-corrected chi connectivity index (χ2v) is 5.89. The van der Waals surface area contributed by atoms with Gasteiger partial charge in [-0.05, 0) is 44.5 Å². The standard InChI is InChI=1S/C19H18FNO2/c1-11(2)21-17-14-6-4-5-7-16(14)23-19(17)18(22)13-9-8-12(3)15(20)10-13/h4-11,21H,1-3H3. The first-order chi connectivity index (χ1) is 11.0. The molecule has 0 aliphatic heterocycles. The Balaban J connectivity index is 2.14. The topological polar surface area (TPSA) is 42.2 Å². The van der Waals surface area contributed by atoms with Crippen molar-refractivity contribution in [1.29, 1.82) is 0 Å². The molecule has 3 rings (SSSR count). The minimum absolute atomic E-state index is 0.136. The number of ketones is 1. The number of halogens is 1. The number of fused-ring (bicyclic) bond motifs is 1. The zero-order chi connectivity index (χ0) is 16.6. The summed E-state index contributed by atoms with van der Waals surface area (Å²) in [6.45, 7) is 5.64. The highest BCUT2D eigenvalue weighted by atomic mass is 19.1. The number of carbonyl (C=O) groups is 1. The van der Waals surface area contributed by atoms with Gasteiger partial charge in [0.05, 0.1) is 5.69 Å². The summed E-state index contributed by atoms with van der Waals surface area (Å²) in [5, 5.41) is 4.11. The number of benzene rings is 2. The maximum Gasteiger partial charge on any atom is 0.230 e. The van der Waals surface area contributed by atoms with E-state index in [1.807, 2.05) is 38.1 Å². The van der Waals surface area contributed by atoms with E-state index in [1.54, 1.807) is 19.1 Å². The molecule has 0 bridgehead atoms. The van der Waals surface area contributed by atoms with Crippen molar-refractivity contribution in [2.75, 3.05) is 5.32 Å². The predicted molar refractivity (Wildman–Crippen MR) is 89.5 cm³/mol. The van der Waals surface area contributed by atoms with Crippen LogP contribution in [0.1, 0.15) is 35.5 Å². The molecule has 118 valence electrons. The van der Waals surface area contributed by atoms with Crippen molar-refractivity contribution in [2.24, 2.45) is 0 Å².